The average Bonchev–Trinajstić information content (AvgIpc) is 2.66. The smallest absolute Gasteiger partial charge is 0.151 e. The van der Waals surface area contributed by atoms with Crippen LogP contribution in [0, 0.1) is 6.92 Å². The summed E-state index contributed by atoms with van der Waals surface area (Å²) < 4.78 is 12.3. The lowest BCUT2D eigenvalue weighted by molar-refractivity contribution is 0.0491. The van der Waals surface area contributed by atoms with Gasteiger partial charge in [-0.15, -0.1) is 0 Å². The van der Waals surface area contributed by atoms with Gasteiger partial charge in [0.2, 0.25) is 0 Å². The first-order valence-corrected chi connectivity index (χ1v) is 8.19. The van der Waals surface area contributed by atoms with Crippen molar-refractivity contribution in [2.45, 2.75) is 12.5 Å². The number of rotatable bonds is 3. The molecule has 124 valence electrons. The standard InChI is InChI=1S/C22H18O3/c1-15-11-12-19-21(13-15)25-20-10-6-5-9-18(20)22(19,24-2)17-8-4-3-7-16(17)14-23/h3-14H,1-2H3. The normalized spacial score (nSPS) is 18.0. The fraction of sp³-hybridized carbons (Fsp3) is 0.136. The van der Waals surface area contributed by atoms with Crippen molar-refractivity contribution in [3.05, 3.63) is 94.5 Å². The summed E-state index contributed by atoms with van der Waals surface area (Å²) in [7, 11) is 1.67. The van der Waals surface area contributed by atoms with Crippen molar-refractivity contribution in [1.29, 1.82) is 0 Å². The first-order valence-electron chi connectivity index (χ1n) is 8.19. The predicted octanol–water partition coefficient (Wildman–Crippen LogP) is 4.85. The third kappa shape index (κ3) is 2.20. The van der Waals surface area contributed by atoms with E-state index in [4.69, 9.17) is 9.47 Å². The fourth-order valence-electron chi connectivity index (χ4n) is 3.66. The molecule has 1 aliphatic heterocycles. The molecule has 0 radical (unpaired) electrons. The number of carbonyl (C=O) groups is 1. The molecule has 0 spiro atoms. The molecule has 1 aliphatic rings. The van der Waals surface area contributed by atoms with Crippen LogP contribution in [0.4, 0.5) is 0 Å². The van der Waals surface area contributed by atoms with E-state index in [-0.39, 0.29) is 0 Å². The lowest BCUT2D eigenvalue weighted by Crippen LogP contribution is -2.35. The van der Waals surface area contributed by atoms with Gasteiger partial charge in [0.05, 0.1) is 0 Å². The number of methoxy groups -OCH3 is 1. The molecule has 0 saturated carbocycles. The Bertz CT molecular complexity index is 961. The molecule has 3 heteroatoms. The van der Waals surface area contributed by atoms with Gasteiger partial charge in [-0.2, -0.15) is 0 Å². The molecule has 3 nitrogen and oxygen atoms in total. The summed E-state index contributed by atoms with van der Waals surface area (Å²) in [5.74, 6) is 1.49. The second kappa shape index (κ2) is 5.87. The van der Waals surface area contributed by atoms with Crippen LogP contribution in [0.2, 0.25) is 0 Å². The molecule has 0 amide bonds. The molecule has 3 aromatic carbocycles. The van der Waals surface area contributed by atoms with Gasteiger partial charge >= 0.3 is 0 Å². The van der Waals surface area contributed by atoms with Crippen LogP contribution < -0.4 is 4.74 Å². The number of fused-ring (bicyclic) bond motifs is 2. The van der Waals surface area contributed by atoms with Crippen molar-refractivity contribution in [2.75, 3.05) is 7.11 Å². The Labute approximate surface area is 146 Å². The molecule has 0 saturated heterocycles. The number of ether oxygens (including phenoxy) is 2. The Balaban J connectivity index is 2.13. The van der Waals surface area contributed by atoms with Crippen LogP contribution in [0.3, 0.4) is 0 Å². The number of aldehydes is 1. The topological polar surface area (TPSA) is 35.5 Å². The summed E-state index contributed by atoms with van der Waals surface area (Å²) in [6.45, 7) is 2.03. The van der Waals surface area contributed by atoms with Crippen molar-refractivity contribution >= 4 is 6.29 Å². The van der Waals surface area contributed by atoms with Crippen LogP contribution in [0.5, 0.6) is 11.5 Å². The van der Waals surface area contributed by atoms with Crippen LogP contribution >= 0.6 is 0 Å². The number of hydrogen-bond acceptors (Lipinski definition) is 3. The monoisotopic (exact) mass is 330 g/mol. The van der Waals surface area contributed by atoms with Gasteiger partial charge in [-0.3, -0.25) is 4.79 Å². The third-order valence-electron chi connectivity index (χ3n) is 4.78. The molecular weight excluding hydrogens is 312 g/mol. The largest absolute Gasteiger partial charge is 0.457 e. The Morgan fingerprint density at radius 3 is 2.32 bits per heavy atom. The van der Waals surface area contributed by atoms with Crippen molar-refractivity contribution in [3.63, 3.8) is 0 Å². The summed E-state index contributed by atoms with van der Waals surface area (Å²) in [6, 6.07) is 21.4. The summed E-state index contributed by atoms with van der Waals surface area (Å²) in [5, 5.41) is 0. The lowest BCUT2D eigenvalue weighted by Gasteiger charge is -2.40. The highest BCUT2D eigenvalue weighted by atomic mass is 16.5. The van der Waals surface area contributed by atoms with Crippen LogP contribution in [-0.4, -0.2) is 13.4 Å². The Kier molecular flexibility index (Phi) is 3.66. The molecular formula is C22H18O3. The minimum Gasteiger partial charge on any atom is -0.457 e. The summed E-state index contributed by atoms with van der Waals surface area (Å²) in [5.41, 5.74) is 3.42. The zero-order chi connectivity index (χ0) is 17.4. The van der Waals surface area contributed by atoms with Gasteiger partial charge in [0, 0.05) is 29.4 Å². The average molecular weight is 330 g/mol. The van der Waals surface area contributed by atoms with Gasteiger partial charge < -0.3 is 9.47 Å². The maximum atomic E-state index is 11.7. The molecule has 0 fully saturated rings. The van der Waals surface area contributed by atoms with E-state index in [9.17, 15) is 4.79 Å². The number of carbonyl (C=O) groups excluding carboxylic acids is 1. The molecule has 0 N–H and O–H groups in total. The first-order chi connectivity index (χ1) is 12.2. The molecule has 1 unspecified atom stereocenters. The minimum atomic E-state index is -0.893. The maximum absolute atomic E-state index is 11.7. The molecule has 25 heavy (non-hydrogen) atoms. The first kappa shape index (κ1) is 15.6. The highest BCUT2D eigenvalue weighted by Crippen LogP contribution is 2.52. The summed E-state index contributed by atoms with van der Waals surface area (Å²) in [6.07, 6.45) is 0.877. The van der Waals surface area contributed by atoms with Crippen molar-refractivity contribution in [1.82, 2.24) is 0 Å². The van der Waals surface area contributed by atoms with Gasteiger partial charge in [0.1, 0.15) is 17.8 Å². The minimum absolute atomic E-state index is 0.604. The molecule has 0 aromatic heterocycles. The zero-order valence-electron chi connectivity index (χ0n) is 14.2. The van der Waals surface area contributed by atoms with Gasteiger partial charge in [-0.25, -0.2) is 0 Å². The molecule has 0 bridgehead atoms. The SMILES string of the molecule is COC1(c2ccccc2C=O)c2ccccc2Oc2cc(C)ccc21. The highest BCUT2D eigenvalue weighted by molar-refractivity contribution is 5.80. The van der Waals surface area contributed by atoms with E-state index in [1.54, 1.807) is 7.11 Å². The maximum Gasteiger partial charge on any atom is 0.151 e. The van der Waals surface area contributed by atoms with E-state index in [2.05, 4.69) is 0 Å². The molecule has 1 atom stereocenters. The van der Waals surface area contributed by atoms with Gasteiger partial charge in [-0.05, 0) is 24.6 Å². The molecule has 3 aromatic rings. The number of hydrogen-bond donors (Lipinski definition) is 0. The quantitative estimate of drug-likeness (QED) is 0.644. The second-order valence-corrected chi connectivity index (χ2v) is 6.19. The molecule has 4 rings (SSSR count). The van der Waals surface area contributed by atoms with Crippen LogP contribution in [-0.2, 0) is 10.3 Å². The van der Waals surface area contributed by atoms with E-state index in [1.165, 1.54) is 0 Å². The van der Waals surface area contributed by atoms with Crippen molar-refractivity contribution < 1.29 is 14.3 Å². The third-order valence-corrected chi connectivity index (χ3v) is 4.78. The van der Waals surface area contributed by atoms with Gasteiger partial charge in [0.25, 0.3) is 0 Å². The van der Waals surface area contributed by atoms with Crippen LogP contribution in [0.15, 0.2) is 66.7 Å². The van der Waals surface area contributed by atoms with Crippen LogP contribution in [0.25, 0.3) is 0 Å². The molecule has 0 aliphatic carbocycles. The number of para-hydroxylation sites is 1. The molecule has 1 heterocycles. The van der Waals surface area contributed by atoms with E-state index in [0.717, 1.165) is 40.0 Å². The Morgan fingerprint density at radius 1 is 0.880 bits per heavy atom. The van der Waals surface area contributed by atoms with Crippen molar-refractivity contribution in [2.24, 2.45) is 0 Å². The Morgan fingerprint density at radius 2 is 1.56 bits per heavy atom. The van der Waals surface area contributed by atoms with E-state index in [1.807, 2.05) is 73.7 Å². The van der Waals surface area contributed by atoms with E-state index in [0.29, 0.717) is 5.56 Å². The number of benzene rings is 3. The van der Waals surface area contributed by atoms with Gasteiger partial charge in [0.15, 0.2) is 5.60 Å². The lowest BCUT2D eigenvalue weighted by atomic mass is 9.76. The van der Waals surface area contributed by atoms with E-state index < -0.39 is 5.60 Å². The summed E-state index contributed by atoms with van der Waals surface area (Å²) in [4.78, 5) is 11.7. The Hall–Kier alpha value is -2.91. The van der Waals surface area contributed by atoms with Crippen LogP contribution in [0.1, 0.15) is 32.6 Å². The van der Waals surface area contributed by atoms with E-state index >= 15 is 0 Å². The number of aryl methyl sites for hydroxylation is 1. The second-order valence-electron chi connectivity index (χ2n) is 6.19. The zero-order valence-corrected chi connectivity index (χ0v) is 14.2. The highest BCUT2D eigenvalue weighted by Gasteiger charge is 2.45. The predicted molar refractivity (Wildman–Crippen MR) is 96.4 cm³/mol. The fourth-order valence-corrected chi connectivity index (χ4v) is 3.66. The van der Waals surface area contributed by atoms with Gasteiger partial charge in [-0.1, -0.05) is 54.6 Å². The van der Waals surface area contributed by atoms with Crippen molar-refractivity contribution in [3.8, 4) is 11.5 Å². The summed E-state index contributed by atoms with van der Waals surface area (Å²) >= 11 is 0.